The van der Waals surface area contributed by atoms with Crippen LogP contribution < -0.4 is 26.4 Å². The first-order valence-electron chi connectivity index (χ1n) is 12.7. The third-order valence-corrected chi connectivity index (χ3v) is 6.08. The van der Waals surface area contributed by atoms with Crippen LogP contribution >= 0.6 is 0 Å². The molecule has 9 nitrogen and oxygen atoms in total. The molecule has 5 N–H and O–H groups in total. The van der Waals surface area contributed by atoms with Gasteiger partial charge >= 0.3 is 0 Å². The monoisotopic (exact) mass is 530 g/mol. The number of carbonyl (C=O) groups is 4. The SMILES string of the molecule is COc1ccc(C[C@H](NC(=O)[C@H](C)N)C(=O)N[C@@H](Cc2ccccc2)C(=O)C(=O)NCc2ccccc2)cc1. The van der Waals surface area contributed by atoms with E-state index in [0.717, 1.165) is 16.7 Å². The van der Waals surface area contributed by atoms with Gasteiger partial charge in [0.1, 0.15) is 17.8 Å². The van der Waals surface area contributed by atoms with E-state index in [1.54, 1.807) is 43.5 Å². The van der Waals surface area contributed by atoms with E-state index in [4.69, 9.17) is 10.5 Å². The van der Waals surface area contributed by atoms with Crippen LogP contribution in [0.1, 0.15) is 23.6 Å². The largest absolute Gasteiger partial charge is 0.497 e. The smallest absolute Gasteiger partial charge is 0.289 e. The molecule has 0 bridgehead atoms. The molecule has 204 valence electrons. The van der Waals surface area contributed by atoms with Gasteiger partial charge in [0.05, 0.1) is 13.2 Å². The first kappa shape index (κ1) is 29.1. The molecule has 0 unspecified atom stereocenters. The highest BCUT2D eigenvalue weighted by Gasteiger charge is 2.31. The van der Waals surface area contributed by atoms with Crippen molar-refractivity contribution in [2.45, 2.75) is 44.4 Å². The van der Waals surface area contributed by atoms with Crippen LogP contribution in [0.4, 0.5) is 0 Å². The molecule has 0 aromatic heterocycles. The van der Waals surface area contributed by atoms with Gasteiger partial charge in [-0.05, 0) is 35.7 Å². The highest BCUT2D eigenvalue weighted by atomic mass is 16.5. The second-order valence-corrected chi connectivity index (χ2v) is 9.19. The summed E-state index contributed by atoms with van der Waals surface area (Å²) in [5, 5.41) is 7.99. The number of amides is 3. The van der Waals surface area contributed by atoms with Gasteiger partial charge in [-0.1, -0.05) is 72.8 Å². The van der Waals surface area contributed by atoms with E-state index in [1.165, 1.54) is 6.92 Å². The maximum Gasteiger partial charge on any atom is 0.289 e. The summed E-state index contributed by atoms with van der Waals surface area (Å²) in [6.07, 6.45) is 0.238. The zero-order valence-corrected chi connectivity index (χ0v) is 22.1. The minimum Gasteiger partial charge on any atom is -0.497 e. The summed E-state index contributed by atoms with van der Waals surface area (Å²) in [5.41, 5.74) is 8.07. The molecular weight excluding hydrogens is 496 g/mol. The highest BCUT2D eigenvalue weighted by Crippen LogP contribution is 2.13. The van der Waals surface area contributed by atoms with Gasteiger partial charge in [0.2, 0.25) is 17.6 Å². The van der Waals surface area contributed by atoms with E-state index in [9.17, 15) is 19.2 Å². The van der Waals surface area contributed by atoms with Crippen molar-refractivity contribution in [2.75, 3.05) is 7.11 Å². The molecule has 3 aromatic carbocycles. The van der Waals surface area contributed by atoms with E-state index in [0.29, 0.717) is 5.75 Å². The molecule has 3 amide bonds. The lowest BCUT2D eigenvalue weighted by molar-refractivity contribution is -0.140. The Kier molecular flexibility index (Phi) is 10.8. The number of hydrogen-bond acceptors (Lipinski definition) is 6. The van der Waals surface area contributed by atoms with Gasteiger partial charge in [-0.15, -0.1) is 0 Å². The molecular formula is C30H34N4O5. The molecule has 9 heteroatoms. The summed E-state index contributed by atoms with van der Waals surface area (Å²) in [6.45, 7) is 1.68. The molecule has 0 aliphatic rings. The fourth-order valence-corrected chi connectivity index (χ4v) is 3.86. The van der Waals surface area contributed by atoms with Crippen molar-refractivity contribution in [3.63, 3.8) is 0 Å². The van der Waals surface area contributed by atoms with Crippen LogP contribution in [-0.2, 0) is 38.6 Å². The molecule has 3 rings (SSSR count). The summed E-state index contributed by atoms with van der Waals surface area (Å²) >= 11 is 0. The van der Waals surface area contributed by atoms with E-state index >= 15 is 0 Å². The van der Waals surface area contributed by atoms with E-state index in [-0.39, 0.29) is 19.4 Å². The number of rotatable bonds is 13. The second-order valence-electron chi connectivity index (χ2n) is 9.19. The Morgan fingerprint density at radius 1 is 0.718 bits per heavy atom. The van der Waals surface area contributed by atoms with Crippen molar-refractivity contribution in [1.82, 2.24) is 16.0 Å². The van der Waals surface area contributed by atoms with Crippen LogP contribution in [0.15, 0.2) is 84.9 Å². The molecule has 0 heterocycles. The maximum absolute atomic E-state index is 13.5. The second kappa shape index (κ2) is 14.4. The predicted molar refractivity (Wildman–Crippen MR) is 148 cm³/mol. The minimum atomic E-state index is -1.15. The third kappa shape index (κ3) is 9.08. The van der Waals surface area contributed by atoms with Crippen LogP contribution in [0.25, 0.3) is 0 Å². The Labute approximate surface area is 228 Å². The Balaban J connectivity index is 1.79. The van der Waals surface area contributed by atoms with Crippen LogP contribution in [0.3, 0.4) is 0 Å². The Hall–Kier alpha value is -4.50. The highest BCUT2D eigenvalue weighted by molar-refractivity contribution is 6.38. The lowest BCUT2D eigenvalue weighted by Crippen LogP contribution is -2.56. The summed E-state index contributed by atoms with van der Waals surface area (Å²) in [6, 6.07) is 22.3. The lowest BCUT2D eigenvalue weighted by Gasteiger charge is -2.23. The summed E-state index contributed by atoms with van der Waals surface area (Å²) in [5.74, 6) is -2.08. The predicted octanol–water partition coefficient (Wildman–Crippen LogP) is 1.68. The van der Waals surface area contributed by atoms with Crippen LogP contribution in [0.2, 0.25) is 0 Å². The number of Topliss-reactive ketones (excluding diaryl/α,β-unsaturated/α-hetero) is 1. The molecule has 39 heavy (non-hydrogen) atoms. The summed E-state index contributed by atoms with van der Waals surface area (Å²) < 4.78 is 5.18. The van der Waals surface area contributed by atoms with Crippen molar-refractivity contribution in [3.05, 3.63) is 102 Å². The summed E-state index contributed by atoms with van der Waals surface area (Å²) in [4.78, 5) is 51.9. The maximum atomic E-state index is 13.5. The van der Waals surface area contributed by atoms with Gasteiger partial charge in [0, 0.05) is 19.4 Å². The number of ether oxygens (including phenoxy) is 1. The Morgan fingerprint density at radius 3 is 1.79 bits per heavy atom. The molecule has 0 aliphatic carbocycles. The summed E-state index contributed by atoms with van der Waals surface area (Å²) in [7, 11) is 1.55. The fourth-order valence-electron chi connectivity index (χ4n) is 3.86. The molecule has 0 saturated heterocycles. The van der Waals surface area contributed by atoms with Gasteiger partial charge in [-0.2, -0.15) is 0 Å². The number of nitrogens with two attached hydrogens (primary N) is 1. The average Bonchev–Trinajstić information content (AvgIpc) is 2.96. The fraction of sp³-hybridized carbons (Fsp3) is 0.267. The van der Waals surface area contributed by atoms with E-state index in [2.05, 4.69) is 16.0 Å². The first-order valence-corrected chi connectivity index (χ1v) is 12.7. The van der Waals surface area contributed by atoms with E-state index < -0.39 is 41.6 Å². The van der Waals surface area contributed by atoms with Gasteiger partial charge in [0.25, 0.3) is 5.91 Å². The molecule has 0 saturated carbocycles. The molecule has 0 fully saturated rings. The van der Waals surface area contributed by atoms with Crippen molar-refractivity contribution in [1.29, 1.82) is 0 Å². The number of carbonyl (C=O) groups excluding carboxylic acids is 4. The van der Waals surface area contributed by atoms with Gasteiger partial charge in [-0.3, -0.25) is 19.2 Å². The number of hydrogen-bond donors (Lipinski definition) is 4. The van der Waals surface area contributed by atoms with E-state index in [1.807, 2.05) is 48.5 Å². The number of nitrogens with one attached hydrogen (secondary N) is 3. The topological polar surface area (TPSA) is 140 Å². The average molecular weight is 531 g/mol. The third-order valence-electron chi connectivity index (χ3n) is 6.08. The van der Waals surface area contributed by atoms with Crippen LogP contribution in [-0.4, -0.2) is 48.7 Å². The lowest BCUT2D eigenvalue weighted by atomic mass is 9.99. The Bertz CT molecular complexity index is 1250. The van der Waals surface area contributed by atoms with Gasteiger partial charge in [0.15, 0.2) is 0 Å². The van der Waals surface area contributed by atoms with Crippen molar-refractivity contribution >= 4 is 23.5 Å². The standard InChI is InChI=1S/C30H34N4O5/c1-20(31)28(36)34-26(18-22-13-15-24(39-2)16-14-22)29(37)33-25(17-21-9-5-3-6-10-21)27(35)30(38)32-19-23-11-7-4-8-12-23/h3-16,20,25-26H,17-19,31H2,1-2H3,(H,32,38)(H,33,37)(H,34,36)/t20-,25-,26-/m0/s1. The van der Waals surface area contributed by atoms with Crippen molar-refractivity contribution in [3.8, 4) is 5.75 Å². The number of benzene rings is 3. The molecule has 0 aliphatic heterocycles. The zero-order valence-electron chi connectivity index (χ0n) is 22.1. The molecule has 3 atom stereocenters. The van der Waals surface area contributed by atoms with Crippen molar-refractivity contribution < 1.29 is 23.9 Å². The number of ketones is 1. The molecule has 0 radical (unpaired) electrons. The first-order chi connectivity index (χ1) is 18.8. The molecule has 0 spiro atoms. The van der Waals surface area contributed by atoms with Crippen LogP contribution in [0, 0.1) is 0 Å². The number of methoxy groups -OCH3 is 1. The van der Waals surface area contributed by atoms with Gasteiger partial charge < -0.3 is 26.4 Å². The molecule has 3 aromatic rings. The minimum absolute atomic E-state index is 0.0979. The van der Waals surface area contributed by atoms with Crippen LogP contribution in [0.5, 0.6) is 5.75 Å². The van der Waals surface area contributed by atoms with Crippen molar-refractivity contribution in [2.24, 2.45) is 5.73 Å². The quantitative estimate of drug-likeness (QED) is 0.248. The zero-order chi connectivity index (χ0) is 28.2. The van der Waals surface area contributed by atoms with Gasteiger partial charge in [-0.25, -0.2) is 0 Å². The Morgan fingerprint density at radius 2 is 1.23 bits per heavy atom. The normalized spacial score (nSPS) is 12.9.